The minimum atomic E-state index is 0.0277. The van der Waals surface area contributed by atoms with Gasteiger partial charge < -0.3 is 5.11 Å². The number of aromatic hydroxyl groups is 1. The summed E-state index contributed by atoms with van der Waals surface area (Å²) in [4.78, 5) is 0. The van der Waals surface area contributed by atoms with E-state index in [1.165, 1.54) is 24.8 Å². The fourth-order valence-corrected chi connectivity index (χ4v) is 3.84. The van der Waals surface area contributed by atoms with Crippen LogP contribution in [0, 0.1) is 5.92 Å². The van der Waals surface area contributed by atoms with Gasteiger partial charge in [0.2, 0.25) is 0 Å². The molecule has 0 spiro atoms. The molecule has 0 aliphatic rings. The van der Waals surface area contributed by atoms with Crippen LogP contribution in [0.1, 0.15) is 91.7 Å². The van der Waals surface area contributed by atoms with Crippen molar-refractivity contribution in [2.45, 2.75) is 91.4 Å². The van der Waals surface area contributed by atoms with E-state index < -0.39 is 0 Å². The first-order valence-corrected chi connectivity index (χ1v) is 8.98. The highest BCUT2D eigenvalue weighted by molar-refractivity contribution is 5.43. The van der Waals surface area contributed by atoms with Crippen LogP contribution in [-0.4, -0.2) is 5.11 Å². The fraction of sp³-hybridized carbons (Fsp3) is 0.714. The van der Waals surface area contributed by atoms with E-state index in [0.717, 1.165) is 24.3 Å². The van der Waals surface area contributed by atoms with Crippen LogP contribution in [0.4, 0.5) is 0 Å². The molecule has 0 saturated heterocycles. The van der Waals surface area contributed by atoms with Gasteiger partial charge in [0.25, 0.3) is 0 Å². The summed E-state index contributed by atoms with van der Waals surface area (Å²) in [5.74, 6) is 1.18. The Morgan fingerprint density at radius 2 is 1.64 bits per heavy atom. The predicted octanol–water partition coefficient (Wildman–Crippen LogP) is 6.57. The van der Waals surface area contributed by atoms with Crippen molar-refractivity contribution in [2.75, 3.05) is 0 Å². The molecule has 0 fully saturated rings. The molecule has 1 heteroatoms. The summed E-state index contributed by atoms with van der Waals surface area (Å²) < 4.78 is 0. The van der Waals surface area contributed by atoms with Gasteiger partial charge in [-0.1, -0.05) is 79.9 Å². The monoisotopic (exact) mass is 304 g/mol. The Bertz CT molecular complexity index is 471. The maximum Gasteiger partial charge on any atom is 0.119 e. The van der Waals surface area contributed by atoms with Gasteiger partial charge in [-0.15, -0.1) is 0 Å². The lowest BCUT2D eigenvalue weighted by atomic mass is 9.73. The molecular weight excluding hydrogens is 268 g/mol. The lowest BCUT2D eigenvalue weighted by Gasteiger charge is -2.32. The van der Waals surface area contributed by atoms with Crippen LogP contribution in [0.25, 0.3) is 0 Å². The van der Waals surface area contributed by atoms with Crippen molar-refractivity contribution in [1.29, 1.82) is 0 Å². The normalized spacial score (nSPS) is 14.1. The van der Waals surface area contributed by atoms with Crippen molar-refractivity contribution in [3.05, 3.63) is 29.3 Å². The third kappa shape index (κ3) is 4.76. The first kappa shape index (κ1) is 19.1. The van der Waals surface area contributed by atoms with Crippen molar-refractivity contribution in [2.24, 2.45) is 5.92 Å². The number of phenolic OH excluding ortho intramolecular Hbond substituents is 1. The lowest BCUT2D eigenvalue weighted by molar-refractivity contribution is 0.359. The van der Waals surface area contributed by atoms with Gasteiger partial charge in [0, 0.05) is 0 Å². The molecule has 126 valence electrons. The first-order chi connectivity index (χ1) is 10.1. The maximum absolute atomic E-state index is 10.3. The molecule has 0 amide bonds. The van der Waals surface area contributed by atoms with Gasteiger partial charge >= 0.3 is 0 Å². The van der Waals surface area contributed by atoms with Crippen molar-refractivity contribution in [3.63, 3.8) is 0 Å². The summed E-state index contributed by atoms with van der Waals surface area (Å²) in [5.41, 5.74) is 2.63. The predicted molar refractivity (Wildman–Crippen MR) is 97.8 cm³/mol. The molecule has 0 saturated carbocycles. The van der Waals surface area contributed by atoms with Crippen molar-refractivity contribution >= 4 is 0 Å². The smallest absolute Gasteiger partial charge is 0.119 e. The number of hydrogen-bond acceptors (Lipinski definition) is 1. The average Bonchev–Trinajstić information content (AvgIpc) is 2.38. The van der Waals surface area contributed by atoms with Gasteiger partial charge in [0.05, 0.1) is 0 Å². The maximum atomic E-state index is 10.3. The first-order valence-electron chi connectivity index (χ1n) is 8.98. The van der Waals surface area contributed by atoms with Crippen molar-refractivity contribution < 1.29 is 5.11 Å². The van der Waals surface area contributed by atoms with Crippen LogP contribution in [0.15, 0.2) is 18.2 Å². The SMILES string of the molecule is CCCC(C)CC(C)(C)c1ccc(O)c(C(C)(C)CCC)c1. The Kier molecular flexibility index (Phi) is 6.52. The second-order valence-electron chi connectivity index (χ2n) is 8.35. The van der Waals surface area contributed by atoms with E-state index in [4.69, 9.17) is 0 Å². The molecule has 0 aromatic heterocycles. The van der Waals surface area contributed by atoms with Gasteiger partial charge in [-0.2, -0.15) is 0 Å². The number of rotatable bonds is 8. The molecule has 1 nitrogen and oxygen atoms in total. The van der Waals surface area contributed by atoms with Gasteiger partial charge in [-0.3, -0.25) is 0 Å². The molecule has 22 heavy (non-hydrogen) atoms. The zero-order valence-corrected chi connectivity index (χ0v) is 15.8. The van der Waals surface area contributed by atoms with E-state index in [2.05, 4.69) is 60.6 Å². The number of hydrogen-bond donors (Lipinski definition) is 1. The van der Waals surface area contributed by atoms with E-state index in [-0.39, 0.29) is 10.8 Å². The summed E-state index contributed by atoms with van der Waals surface area (Å²) in [6.07, 6.45) is 5.96. The number of phenols is 1. The Morgan fingerprint density at radius 3 is 2.18 bits per heavy atom. The highest BCUT2D eigenvalue weighted by Crippen LogP contribution is 2.39. The molecule has 0 aliphatic heterocycles. The van der Waals surface area contributed by atoms with Gasteiger partial charge in [0.1, 0.15) is 5.75 Å². The molecule has 0 bridgehead atoms. The van der Waals surface area contributed by atoms with Crippen LogP contribution < -0.4 is 0 Å². The average molecular weight is 305 g/mol. The molecule has 1 aromatic rings. The molecule has 0 radical (unpaired) electrons. The van der Waals surface area contributed by atoms with E-state index in [1.54, 1.807) is 0 Å². The zero-order chi connectivity index (χ0) is 17.0. The van der Waals surface area contributed by atoms with Gasteiger partial charge in [0.15, 0.2) is 0 Å². The highest BCUT2D eigenvalue weighted by Gasteiger charge is 2.28. The Morgan fingerprint density at radius 1 is 1.00 bits per heavy atom. The summed E-state index contributed by atoms with van der Waals surface area (Å²) in [6.45, 7) is 16.0. The molecule has 0 heterocycles. The largest absolute Gasteiger partial charge is 0.508 e. The third-order valence-corrected chi connectivity index (χ3v) is 5.02. The van der Waals surface area contributed by atoms with Gasteiger partial charge in [-0.05, 0) is 46.8 Å². The van der Waals surface area contributed by atoms with Crippen LogP contribution in [0.3, 0.4) is 0 Å². The summed E-state index contributed by atoms with van der Waals surface area (Å²) in [5, 5.41) is 10.3. The van der Waals surface area contributed by atoms with Crippen molar-refractivity contribution in [1.82, 2.24) is 0 Å². The van der Waals surface area contributed by atoms with Crippen LogP contribution in [0.2, 0.25) is 0 Å². The fourth-order valence-electron chi connectivity index (χ4n) is 3.84. The Balaban J connectivity index is 3.11. The quantitative estimate of drug-likeness (QED) is 0.575. The van der Waals surface area contributed by atoms with E-state index in [1.807, 2.05) is 6.07 Å². The molecule has 0 aliphatic carbocycles. The second-order valence-corrected chi connectivity index (χ2v) is 8.35. The molecule has 1 unspecified atom stereocenters. The topological polar surface area (TPSA) is 20.2 Å². The second kappa shape index (κ2) is 7.53. The van der Waals surface area contributed by atoms with Crippen molar-refractivity contribution in [3.8, 4) is 5.75 Å². The summed E-state index contributed by atoms with van der Waals surface area (Å²) in [7, 11) is 0. The van der Waals surface area contributed by atoms with Crippen LogP contribution in [0.5, 0.6) is 5.75 Å². The molecule has 1 N–H and O–H groups in total. The van der Waals surface area contributed by atoms with E-state index in [9.17, 15) is 5.11 Å². The summed E-state index contributed by atoms with van der Waals surface area (Å²) >= 11 is 0. The standard InChI is InChI=1S/C21H36O/c1-8-10-16(3)15-21(6,7)17-11-12-19(22)18(14-17)20(4,5)13-9-2/h11-12,14,16,22H,8-10,13,15H2,1-7H3. The van der Waals surface area contributed by atoms with E-state index in [0.29, 0.717) is 5.75 Å². The molecule has 1 aromatic carbocycles. The molecular formula is C21H36O. The van der Waals surface area contributed by atoms with E-state index >= 15 is 0 Å². The Hall–Kier alpha value is -0.980. The molecule has 1 rings (SSSR count). The minimum absolute atomic E-state index is 0.0277. The van der Waals surface area contributed by atoms with Crippen LogP contribution >= 0.6 is 0 Å². The van der Waals surface area contributed by atoms with Gasteiger partial charge in [-0.25, -0.2) is 0 Å². The lowest BCUT2D eigenvalue weighted by Crippen LogP contribution is -2.23. The third-order valence-electron chi connectivity index (χ3n) is 5.02. The minimum Gasteiger partial charge on any atom is -0.508 e. The number of benzene rings is 1. The van der Waals surface area contributed by atoms with Crippen LogP contribution in [-0.2, 0) is 10.8 Å². The highest BCUT2D eigenvalue weighted by atomic mass is 16.3. The molecule has 1 atom stereocenters. The Labute approximate surface area is 138 Å². The summed E-state index contributed by atoms with van der Waals surface area (Å²) in [6, 6.07) is 6.26. The zero-order valence-electron chi connectivity index (χ0n) is 15.8.